The van der Waals surface area contributed by atoms with Crippen molar-refractivity contribution in [2.75, 3.05) is 6.54 Å². The van der Waals surface area contributed by atoms with Crippen molar-refractivity contribution < 1.29 is 4.92 Å². The number of non-ortho nitro benzene ring substituents is 1. The van der Waals surface area contributed by atoms with Crippen LogP contribution in [0, 0.1) is 10.1 Å². The van der Waals surface area contributed by atoms with E-state index in [0.29, 0.717) is 30.6 Å². The molecule has 2 rings (SSSR count). The molecule has 0 radical (unpaired) electrons. The number of nitro benzene ring substituents is 1. The van der Waals surface area contributed by atoms with E-state index in [-0.39, 0.29) is 5.69 Å². The SMILES string of the molecule is CCNC(=NCc1cccc([N+](=O)[O-])c1)NCc1ccccc1Cl. The summed E-state index contributed by atoms with van der Waals surface area (Å²) in [6, 6.07) is 14.1. The number of guanidine groups is 1. The summed E-state index contributed by atoms with van der Waals surface area (Å²) >= 11 is 6.14. The summed E-state index contributed by atoms with van der Waals surface area (Å²) < 4.78 is 0. The Morgan fingerprint density at radius 1 is 1.21 bits per heavy atom. The Kier molecular flexibility index (Phi) is 6.57. The summed E-state index contributed by atoms with van der Waals surface area (Å²) in [6.45, 7) is 3.57. The van der Waals surface area contributed by atoms with Crippen LogP contribution in [-0.4, -0.2) is 17.4 Å². The highest BCUT2D eigenvalue weighted by atomic mass is 35.5. The van der Waals surface area contributed by atoms with Gasteiger partial charge in [0.2, 0.25) is 0 Å². The molecule has 0 aliphatic carbocycles. The van der Waals surface area contributed by atoms with E-state index in [1.807, 2.05) is 37.3 Å². The molecule has 0 bridgehead atoms. The van der Waals surface area contributed by atoms with E-state index in [0.717, 1.165) is 11.1 Å². The quantitative estimate of drug-likeness (QED) is 0.363. The van der Waals surface area contributed by atoms with Crippen LogP contribution < -0.4 is 10.6 Å². The number of nitrogens with one attached hydrogen (secondary N) is 2. The lowest BCUT2D eigenvalue weighted by atomic mass is 10.2. The molecular weight excluding hydrogens is 328 g/mol. The van der Waals surface area contributed by atoms with Gasteiger partial charge in [-0.2, -0.15) is 0 Å². The maximum absolute atomic E-state index is 10.8. The monoisotopic (exact) mass is 346 g/mol. The maximum Gasteiger partial charge on any atom is 0.269 e. The molecule has 0 saturated carbocycles. The molecule has 2 aromatic carbocycles. The summed E-state index contributed by atoms with van der Waals surface area (Å²) in [6.07, 6.45) is 0. The molecule has 0 unspecified atom stereocenters. The summed E-state index contributed by atoms with van der Waals surface area (Å²) in [5.74, 6) is 0.629. The van der Waals surface area contributed by atoms with Gasteiger partial charge in [0.05, 0.1) is 11.5 Å². The maximum atomic E-state index is 10.8. The second-order valence-corrected chi connectivity index (χ2v) is 5.47. The van der Waals surface area contributed by atoms with E-state index in [2.05, 4.69) is 15.6 Å². The van der Waals surface area contributed by atoms with E-state index in [1.54, 1.807) is 6.07 Å². The molecule has 0 aromatic heterocycles. The molecule has 0 amide bonds. The minimum absolute atomic E-state index is 0.0664. The number of nitro groups is 1. The Labute approximate surface area is 145 Å². The smallest absolute Gasteiger partial charge is 0.269 e. The standard InChI is InChI=1S/C17H19ClN4O2/c1-2-19-17(21-12-14-7-3-4-9-16(14)18)20-11-13-6-5-8-15(10-13)22(23)24/h3-10H,2,11-12H2,1H3,(H2,19,20,21). The minimum atomic E-state index is -0.409. The van der Waals surface area contributed by atoms with E-state index in [9.17, 15) is 10.1 Å². The first-order valence-electron chi connectivity index (χ1n) is 7.59. The van der Waals surface area contributed by atoms with Crippen LogP contribution >= 0.6 is 11.6 Å². The zero-order chi connectivity index (χ0) is 17.4. The number of benzene rings is 2. The van der Waals surface area contributed by atoms with Gasteiger partial charge in [-0.25, -0.2) is 4.99 Å². The van der Waals surface area contributed by atoms with Crippen molar-refractivity contribution in [2.45, 2.75) is 20.0 Å². The molecule has 126 valence electrons. The van der Waals surface area contributed by atoms with E-state index in [1.165, 1.54) is 12.1 Å². The van der Waals surface area contributed by atoms with Crippen molar-refractivity contribution in [3.8, 4) is 0 Å². The topological polar surface area (TPSA) is 79.6 Å². The van der Waals surface area contributed by atoms with Crippen LogP contribution in [0.25, 0.3) is 0 Å². The van der Waals surface area contributed by atoms with Gasteiger partial charge in [0.15, 0.2) is 5.96 Å². The summed E-state index contributed by atoms with van der Waals surface area (Å²) in [5.41, 5.74) is 1.82. The highest BCUT2D eigenvalue weighted by molar-refractivity contribution is 6.31. The molecule has 0 aliphatic rings. The molecule has 6 nitrogen and oxygen atoms in total. The number of aliphatic imine (C=N–C) groups is 1. The fourth-order valence-electron chi connectivity index (χ4n) is 2.10. The van der Waals surface area contributed by atoms with Gasteiger partial charge in [-0.3, -0.25) is 10.1 Å². The van der Waals surface area contributed by atoms with E-state index in [4.69, 9.17) is 11.6 Å². The molecular formula is C17H19ClN4O2. The fraction of sp³-hybridized carbons (Fsp3) is 0.235. The lowest BCUT2D eigenvalue weighted by Gasteiger charge is -2.12. The number of halogens is 1. The second-order valence-electron chi connectivity index (χ2n) is 5.07. The van der Waals surface area contributed by atoms with Gasteiger partial charge in [-0.05, 0) is 24.1 Å². The normalized spacial score (nSPS) is 11.2. The van der Waals surface area contributed by atoms with E-state index >= 15 is 0 Å². The Bertz CT molecular complexity index is 734. The Hall–Kier alpha value is -2.60. The number of hydrogen-bond acceptors (Lipinski definition) is 3. The summed E-state index contributed by atoms with van der Waals surface area (Å²) in [5, 5.41) is 17.9. The van der Waals surface area contributed by atoms with Gasteiger partial charge in [-0.15, -0.1) is 0 Å². The molecule has 0 fully saturated rings. The predicted octanol–water partition coefficient (Wildman–Crippen LogP) is 3.50. The summed E-state index contributed by atoms with van der Waals surface area (Å²) in [7, 11) is 0. The molecule has 0 aliphatic heterocycles. The Morgan fingerprint density at radius 2 is 2.00 bits per heavy atom. The zero-order valence-corrected chi connectivity index (χ0v) is 14.1. The van der Waals surface area contributed by atoms with Gasteiger partial charge in [0.25, 0.3) is 5.69 Å². The molecule has 2 N–H and O–H groups in total. The molecule has 2 aromatic rings. The Morgan fingerprint density at radius 3 is 2.71 bits per heavy atom. The van der Waals surface area contributed by atoms with Gasteiger partial charge in [0.1, 0.15) is 0 Å². The van der Waals surface area contributed by atoms with Crippen LogP contribution in [0.15, 0.2) is 53.5 Å². The van der Waals surface area contributed by atoms with Crippen LogP contribution in [0.3, 0.4) is 0 Å². The lowest BCUT2D eigenvalue weighted by molar-refractivity contribution is -0.384. The van der Waals surface area contributed by atoms with Crippen LogP contribution in [0.1, 0.15) is 18.1 Å². The molecule has 0 spiro atoms. The zero-order valence-electron chi connectivity index (χ0n) is 13.3. The molecule has 0 atom stereocenters. The fourth-order valence-corrected chi connectivity index (χ4v) is 2.30. The number of nitrogens with zero attached hydrogens (tertiary/aromatic N) is 2. The third kappa shape index (κ3) is 5.24. The Balaban J connectivity index is 2.04. The van der Waals surface area contributed by atoms with E-state index < -0.39 is 4.92 Å². The molecule has 0 heterocycles. The first kappa shape index (κ1) is 17.7. The van der Waals surface area contributed by atoms with Crippen molar-refractivity contribution in [3.05, 3.63) is 74.8 Å². The van der Waals surface area contributed by atoms with Crippen LogP contribution in [0.2, 0.25) is 5.02 Å². The van der Waals surface area contributed by atoms with Gasteiger partial charge in [0, 0.05) is 30.2 Å². The lowest BCUT2D eigenvalue weighted by Crippen LogP contribution is -2.36. The highest BCUT2D eigenvalue weighted by Crippen LogP contribution is 2.15. The van der Waals surface area contributed by atoms with Gasteiger partial charge < -0.3 is 10.6 Å². The van der Waals surface area contributed by atoms with Crippen molar-refractivity contribution in [1.29, 1.82) is 0 Å². The van der Waals surface area contributed by atoms with Crippen LogP contribution in [0.4, 0.5) is 5.69 Å². The number of rotatable bonds is 6. The number of hydrogen-bond donors (Lipinski definition) is 2. The third-order valence-corrected chi connectivity index (χ3v) is 3.66. The van der Waals surface area contributed by atoms with Crippen molar-refractivity contribution in [3.63, 3.8) is 0 Å². The van der Waals surface area contributed by atoms with Crippen LogP contribution in [-0.2, 0) is 13.1 Å². The average molecular weight is 347 g/mol. The highest BCUT2D eigenvalue weighted by Gasteiger charge is 2.06. The van der Waals surface area contributed by atoms with Gasteiger partial charge in [-0.1, -0.05) is 41.9 Å². The molecule has 0 saturated heterocycles. The average Bonchev–Trinajstić information content (AvgIpc) is 2.59. The minimum Gasteiger partial charge on any atom is -0.357 e. The van der Waals surface area contributed by atoms with Gasteiger partial charge >= 0.3 is 0 Å². The first-order chi connectivity index (χ1) is 11.6. The summed E-state index contributed by atoms with van der Waals surface area (Å²) in [4.78, 5) is 14.9. The second kappa shape index (κ2) is 8.88. The van der Waals surface area contributed by atoms with Crippen molar-refractivity contribution >= 4 is 23.2 Å². The van der Waals surface area contributed by atoms with Crippen molar-refractivity contribution in [1.82, 2.24) is 10.6 Å². The van der Waals surface area contributed by atoms with Crippen LogP contribution in [0.5, 0.6) is 0 Å². The predicted molar refractivity (Wildman–Crippen MR) is 96.2 cm³/mol. The third-order valence-electron chi connectivity index (χ3n) is 3.29. The first-order valence-corrected chi connectivity index (χ1v) is 7.97. The molecule has 24 heavy (non-hydrogen) atoms. The van der Waals surface area contributed by atoms with Crippen molar-refractivity contribution in [2.24, 2.45) is 4.99 Å². The largest absolute Gasteiger partial charge is 0.357 e. The molecule has 7 heteroatoms.